The summed E-state index contributed by atoms with van der Waals surface area (Å²) in [7, 11) is 0. The highest BCUT2D eigenvalue weighted by molar-refractivity contribution is 6.31. The molecule has 0 aliphatic heterocycles. The quantitative estimate of drug-likeness (QED) is 0.485. The molecule has 0 spiro atoms. The lowest BCUT2D eigenvalue weighted by molar-refractivity contribution is -0.117. The van der Waals surface area contributed by atoms with Crippen LogP contribution in [-0.4, -0.2) is 5.78 Å². The fourth-order valence-corrected chi connectivity index (χ4v) is 2.51. The van der Waals surface area contributed by atoms with E-state index in [-0.39, 0.29) is 11.2 Å². The highest BCUT2D eigenvalue weighted by atomic mass is 35.5. The van der Waals surface area contributed by atoms with Gasteiger partial charge < -0.3 is 5.32 Å². The van der Waals surface area contributed by atoms with Crippen molar-refractivity contribution in [2.24, 2.45) is 10.5 Å². The number of ketones is 1. The molecule has 1 aliphatic carbocycles. The van der Waals surface area contributed by atoms with Gasteiger partial charge in [0.1, 0.15) is 0 Å². The van der Waals surface area contributed by atoms with Crippen molar-refractivity contribution >= 4 is 28.8 Å². The fraction of sp³-hybridized carbons (Fsp3) is 0.357. The van der Waals surface area contributed by atoms with Crippen LogP contribution in [0.4, 0.5) is 11.4 Å². The molecular formula is C14H15ClN4O. The number of halogens is 1. The second-order valence-electron chi connectivity index (χ2n) is 5.63. The molecule has 0 aromatic heterocycles. The molecule has 0 radical (unpaired) electrons. The minimum atomic E-state index is -0.0702. The first-order valence-electron chi connectivity index (χ1n) is 6.25. The molecule has 0 heterocycles. The molecule has 0 saturated heterocycles. The van der Waals surface area contributed by atoms with Crippen LogP contribution in [0.5, 0.6) is 0 Å². The van der Waals surface area contributed by atoms with E-state index < -0.39 is 0 Å². The molecule has 1 aromatic carbocycles. The van der Waals surface area contributed by atoms with Gasteiger partial charge in [-0.1, -0.05) is 30.6 Å². The van der Waals surface area contributed by atoms with E-state index in [4.69, 9.17) is 17.1 Å². The maximum Gasteiger partial charge on any atom is 0.157 e. The maximum atomic E-state index is 11.7. The van der Waals surface area contributed by atoms with Gasteiger partial charge in [0.15, 0.2) is 5.78 Å². The Morgan fingerprint density at radius 1 is 1.40 bits per heavy atom. The zero-order valence-electron chi connectivity index (χ0n) is 11.4. The van der Waals surface area contributed by atoms with Crippen molar-refractivity contribution in [3.63, 3.8) is 0 Å². The number of allylic oxidation sites excluding steroid dienone is 2. The molecule has 1 aromatic rings. The Labute approximate surface area is 122 Å². The van der Waals surface area contributed by atoms with Crippen LogP contribution in [0, 0.1) is 5.41 Å². The van der Waals surface area contributed by atoms with Crippen LogP contribution >= 0.6 is 11.6 Å². The molecular weight excluding hydrogens is 276 g/mol. The summed E-state index contributed by atoms with van der Waals surface area (Å²) in [5.41, 5.74) is 10.4. The summed E-state index contributed by atoms with van der Waals surface area (Å²) < 4.78 is 0. The maximum absolute atomic E-state index is 11.7. The number of nitrogens with zero attached hydrogens (tertiary/aromatic N) is 3. The molecule has 0 fully saturated rings. The van der Waals surface area contributed by atoms with Crippen molar-refractivity contribution in [1.29, 1.82) is 0 Å². The fourth-order valence-electron chi connectivity index (χ4n) is 2.34. The zero-order chi connectivity index (χ0) is 14.8. The Morgan fingerprint density at radius 3 is 2.80 bits per heavy atom. The molecule has 2 rings (SSSR count). The summed E-state index contributed by atoms with van der Waals surface area (Å²) in [6.45, 7) is 4.10. The van der Waals surface area contributed by atoms with Crippen LogP contribution in [0.3, 0.4) is 0 Å². The van der Waals surface area contributed by atoms with Crippen LogP contribution in [0.2, 0.25) is 5.02 Å². The summed E-state index contributed by atoms with van der Waals surface area (Å²) in [4.78, 5) is 14.5. The Balaban J connectivity index is 2.30. The van der Waals surface area contributed by atoms with E-state index in [9.17, 15) is 4.79 Å². The number of benzene rings is 1. The minimum absolute atomic E-state index is 0.0702. The van der Waals surface area contributed by atoms with Crippen molar-refractivity contribution in [3.05, 3.63) is 45.4 Å². The van der Waals surface area contributed by atoms with Crippen molar-refractivity contribution < 1.29 is 4.79 Å². The van der Waals surface area contributed by atoms with Crippen LogP contribution in [0.15, 0.2) is 35.1 Å². The predicted molar refractivity (Wildman–Crippen MR) is 80.0 cm³/mol. The highest BCUT2D eigenvalue weighted by Gasteiger charge is 2.27. The molecule has 0 atom stereocenters. The third-order valence-electron chi connectivity index (χ3n) is 3.06. The van der Waals surface area contributed by atoms with E-state index in [2.05, 4.69) is 29.2 Å². The van der Waals surface area contributed by atoms with Crippen LogP contribution in [0.1, 0.15) is 26.7 Å². The van der Waals surface area contributed by atoms with Gasteiger partial charge in [0.2, 0.25) is 0 Å². The second kappa shape index (κ2) is 5.57. The molecule has 1 N–H and O–H groups in total. The first kappa shape index (κ1) is 14.4. The SMILES string of the molecule is CC1(C)CC(=O)C=C(Nc2ccc(Cl)cc2N=[N+]=[N-])C1. The number of hydrogen-bond acceptors (Lipinski definition) is 3. The van der Waals surface area contributed by atoms with Gasteiger partial charge in [-0.3, -0.25) is 4.79 Å². The largest absolute Gasteiger partial charge is 0.358 e. The average molecular weight is 291 g/mol. The summed E-state index contributed by atoms with van der Waals surface area (Å²) in [5, 5.41) is 7.27. The van der Waals surface area contributed by atoms with Crippen molar-refractivity contribution in [1.82, 2.24) is 0 Å². The lowest BCUT2D eigenvalue weighted by Gasteiger charge is -2.29. The van der Waals surface area contributed by atoms with E-state index in [1.54, 1.807) is 24.3 Å². The lowest BCUT2D eigenvalue weighted by Crippen LogP contribution is -2.24. The molecule has 0 bridgehead atoms. The van der Waals surface area contributed by atoms with Crippen molar-refractivity contribution in [3.8, 4) is 0 Å². The van der Waals surface area contributed by atoms with Crippen LogP contribution in [0.25, 0.3) is 10.4 Å². The summed E-state index contributed by atoms with van der Waals surface area (Å²) in [5.74, 6) is 0.100. The minimum Gasteiger partial charge on any atom is -0.358 e. The van der Waals surface area contributed by atoms with Gasteiger partial charge in [-0.25, -0.2) is 0 Å². The molecule has 20 heavy (non-hydrogen) atoms. The van der Waals surface area contributed by atoms with Gasteiger partial charge in [-0.05, 0) is 35.6 Å². The summed E-state index contributed by atoms with van der Waals surface area (Å²) in [6, 6.07) is 5.02. The smallest absolute Gasteiger partial charge is 0.157 e. The van der Waals surface area contributed by atoms with Gasteiger partial charge in [-0.2, -0.15) is 0 Å². The topological polar surface area (TPSA) is 77.9 Å². The van der Waals surface area contributed by atoms with Crippen molar-refractivity contribution in [2.45, 2.75) is 26.7 Å². The Morgan fingerprint density at radius 2 is 2.15 bits per heavy atom. The summed E-state index contributed by atoms with van der Waals surface area (Å²) >= 11 is 5.88. The van der Waals surface area contributed by atoms with Gasteiger partial charge in [0.25, 0.3) is 0 Å². The molecule has 5 nitrogen and oxygen atoms in total. The normalized spacial score (nSPS) is 17.1. The van der Waals surface area contributed by atoms with E-state index in [0.29, 0.717) is 22.8 Å². The molecule has 104 valence electrons. The van der Waals surface area contributed by atoms with E-state index in [0.717, 1.165) is 12.1 Å². The summed E-state index contributed by atoms with van der Waals surface area (Å²) in [6.07, 6.45) is 2.92. The van der Waals surface area contributed by atoms with E-state index in [1.165, 1.54) is 0 Å². The first-order chi connectivity index (χ1) is 9.39. The highest BCUT2D eigenvalue weighted by Crippen LogP contribution is 2.36. The Hall–Kier alpha value is -1.97. The Kier molecular flexibility index (Phi) is 4.02. The standard InChI is InChI=1S/C14H15ClN4O/c1-14(2)7-10(6-11(20)8-14)17-12-4-3-9(15)5-13(12)18-19-16/h3-6,17H,7-8H2,1-2H3. The van der Waals surface area contributed by atoms with Gasteiger partial charge in [0, 0.05) is 33.8 Å². The second-order valence-corrected chi connectivity index (χ2v) is 6.07. The Bertz CT molecular complexity index is 630. The van der Waals surface area contributed by atoms with Crippen LogP contribution < -0.4 is 5.32 Å². The number of carbonyl (C=O) groups excluding carboxylic acids is 1. The number of rotatable bonds is 3. The molecule has 1 aliphatic rings. The van der Waals surface area contributed by atoms with E-state index in [1.807, 2.05) is 0 Å². The average Bonchev–Trinajstić information content (AvgIpc) is 2.30. The monoisotopic (exact) mass is 290 g/mol. The first-order valence-corrected chi connectivity index (χ1v) is 6.62. The number of anilines is 1. The van der Waals surface area contributed by atoms with Crippen molar-refractivity contribution in [2.75, 3.05) is 5.32 Å². The van der Waals surface area contributed by atoms with Gasteiger partial charge in [0.05, 0.1) is 5.69 Å². The number of nitrogens with one attached hydrogen (secondary N) is 1. The lowest BCUT2D eigenvalue weighted by atomic mass is 9.79. The number of hydrogen-bond donors (Lipinski definition) is 1. The van der Waals surface area contributed by atoms with E-state index >= 15 is 0 Å². The molecule has 6 heteroatoms. The van der Waals surface area contributed by atoms with Gasteiger partial charge >= 0.3 is 0 Å². The van der Waals surface area contributed by atoms with Gasteiger partial charge in [-0.15, -0.1) is 0 Å². The third kappa shape index (κ3) is 3.53. The van der Waals surface area contributed by atoms with Crippen LogP contribution in [-0.2, 0) is 4.79 Å². The molecule has 0 saturated carbocycles. The number of carbonyl (C=O) groups is 1. The zero-order valence-corrected chi connectivity index (χ0v) is 12.1. The molecule has 0 amide bonds. The predicted octanol–water partition coefficient (Wildman–Crippen LogP) is 4.97. The third-order valence-corrected chi connectivity index (χ3v) is 3.30. The molecule has 0 unspecified atom stereocenters. The number of azide groups is 1.